The summed E-state index contributed by atoms with van der Waals surface area (Å²) in [4.78, 5) is 0. The fraction of sp³-hybridized carbons (Fsp3) is 0.176. The molecular weight excluding hydrogens is 488 g/mol. The highest BCUT2D eigenvalue weighted by Gasteiger charge is 2.15. The average molecular weight is 521 g/mol. The van der Waals surface area contributed by atoms with Gasteiger partial charge < -0.3 is 14.2 Å². The molecule has 0 aliphatic heterocycles. The summed E-state index contributed by atoms with van der Waals surface area (Å²) in [6.07, 6.45) is 5.93. The number of halogens is 1. The molecule has 0 fully saturated rings. The van der Waals surface area contributed by atoms with Crippen LogP contribution in [0.4, 0.5) is 0 Å². The van der Waals surface area contributed by atoms with E-state index in [1.165, 1.54) is 32.9 Å². The first-order chi connectivity index (χ1) is 18.8. The molecule has 4 aromatic carbocycles. The first-order valence-corrected chi connectivity index (χ1v) is 13.7. The van der Waals surface area contributed by atoms with Gasteiger partial charge in [0.1, 0.15) is 0 Å². The van der Waals surface area contributed by atoms with Crippen molar-refractivity contribution in [2.45, 2.75) is 24.9 Å². The van der Waals surface area contributed by atoms with Gasteiger partial charge in [0.2, 0.25) is 0 Å². The van der Waals surface area contributed by atoms with Gasteiger partial charge in [-0.15, -0.1) is 11.6 Å². The Labute approximate surface area is 229 Å². The highest BCUT2D eigenvalue weighted by Crippen LogP contribution is 2.29. The molecule has 2 unspecified atom stereocenters. The molecule has 2 atom stereocenters. The third-order valence-electron chi connectivity index (χ3n) is 7.08. The SMILES string of the molecule is ClCCC(c1ccccc1)n1ccc2ccccc21.OCCC(c1ccccc1)n1ccc2ccccc21. The number of aliphatic hydroxyl groups is 1. The Morgan fingerprint density at radius 2 is 0.947 bits per heavy atom. The fourth-order valence-electron chi connectivity index (χ4n) is 5.26. The molecule has 4 heteroatoms. The predicted octanol–water partition coefficient (Wildman–Crippen LogP) is 8.47. The highest BCUT2D eigenvalue weighted by molar-refractivity contribution is 6.17. The topological polar surface area (TPSA) is 30.1 Å². The number of alkyl halides is 1. The van der Waals surface area contributed by atoms with Crippen LogP contribution < -0.4 is 0 Å². The number of aromatic nitrogens is 2. The predicted molar refractivity (Wildman–Crippen MR) is 160 cm³/mol. The van der Waals surface area contributed by atoms with E-state index in [0.29, 0.717) is 11.9 Å². The first-order valence-electron chi connectivity index (χ1n) is 13.2. The Bertz CT molecular complexity index is 1440. The van der Waals surface area contributed by atoms with Crippen molar-refractivity contribution in [1.29, 1.82) is 0 Å². The zero-order valence-corrected chi connectivity index (χ0v) is 22.2. The van der Waals surface area contributed by atoms with E-state index in [2.05, 4.69) is 125 Å². The second kappa shape index (κ2) is 12.6. The van der Waals surface area contributed by atoms with E-state index >= 15 is 0 Å². The third-order valence-corrected chi connectivity index (χ3v) is 7.30. The number of nitrogens with zero attached hydrogens (tertiary/aromatic N) is 2. The van der Waals surface area contributed by atoms with Crippen LogP contribution in [0.25, 0.3) is 21.8 Å². The van der Waals surface area contributed by atoms with Gasteiger partial charge in [-0.05, 0) is 59.0 Å². The van der Waals surface area contributed by atoms with Gasteiger partial charge in [-0.3, -0.25) is 0 Å². The molecule has 6 aromatic rings. The third kappa shape index (κ3) is 5.70. The van der Waals surface area contributed by atoms with Crippen LogP contribution in [-0.4, -0.2) is 26.7 Å². The van der Waals surface area contributed by atoms with Crippen LogP contribution in [0, 0.1) is 0 Å². The molecule has 0 aliphatic rings. The normalized spacial score (nSPS) is 12.7. The zero-order valence-electron chi connectivity index (χ0n) is 21.4. The summed E-state index contributed by atoms with van der Waals surface area (Å²) in [6, 6.07) is 42.5. The summed E-state index contributed by atoms with van der Waals surface area (Å²) in [5.74, 6) is 0.659. The van der Waals surface area contributed by atoms with E-state index in [9.17, 15) is 5.11 Å². The van der Waals surface area contributed by atoms with Crippen molar-refractivity contribution in [3.63, 3.8) is 0 Å². The molecule has 0 bridgehead atoms. The maximum absolute atomic E-state index is 9.36. The smallest absolute Gasteiger partial charge is 0.0607 e. The number of aliphatic hydroxyl groups excluding tert-OH is 1. The quantitative estimate of drug-likeness (QED) is 0.200. The van der Waals surface area contributed by atoms with Crippen molar-refractivity contribution in [1.82, 2.24) is 9.13 Å². The number of benzene rings is 4. The summed E-state index contributed by atoms with van der Waals surface area (Å²) < 4.78 is 4.58. The van der Waals surface area contributed by atoms with Crippen LogP contribution in [0.3, 0.4) is 0 Å². The second-order valence-electron chi connectivity index (χ2n) is 9.41. The Balaban J connectivity index is 0.000000155. The molecule has 192 valence electrons. The molecule has 0 amide bonds. The van der Waals surface area contributed by atoms with Crippen LogP contribution in [0.5, 0.6) is 0 Å². The van der Waals surface area contributed by atoms with Crippen LogP contribution in [0.15, 0.2) is 134 Å². The zero-order chi connectivity index (χ0) is 26.2. The average Bonchev–Trinajstić information content (AvgIpc) is 3.61. The van der Waals surface area contributed by atoms with E-state index in [1.54, 1.807) is 0 Å². The molecule has 6 rings (SSSR count). The summed E-state index contributed by atoms with van der Waals surface area (Å²) in [6.45, 7) is 0.187. The van der Waals surface area contributed by atoms with E-state index in [0.717, 1.165) is 12.8 Å². The van der Waals surface area contributed by atoms with Gasteiger partial charge in [-0.1, -0.05) is 97.1 Å². The first kappa shape index (κ1) is 25.8. The van der Waals surface area contributed by atoms with Gasteiger partial charge in [0.15, 0.2) is 0 Å². The van der Waals surface area contributed by atoms with Gasteiger partial charge in [0, 0.05) is 35.9 Å². The van der Waals surface area contributed by atoms with Gasteiger partial charge in [-0.2, -0.15) is 0 Å². The molecule has 0 radical (unpaired) electrons. The molecule has 0 aliphatic carbocycles. The van der Waals surface area contributed by atoms with Crippen LogP contribution in [-0.2, 0) is 0 Å². The van der Waals surface area contributed by atoms with Crippen molar-refractivity contribution in [2.75, 3.05) is 12.5 Å². The summed E-state index contributed by atoms with van der Waals surface area (Å²) >= 11 is 6.00. The maximum Gasteiger partial charge on any atom is 0.0607 e. The lowest BCUT2D eigenvalue weighted by atomic mass is 10.0. The molecule has 0 saturated heterocycles. The minimum atomic E-state index is 0.186. The second-order valence-corrected chi connectivity index (χ2v) is 9.78. The number of para-hydroxylation sites is 2. The molecule has 38 heavy (non-hydrogen) atoms. The standard InChI is InChI=1S/C17H16ClN.C17H17NO/c18-12-10-17(14-6-2-1-3-7-14)19-13-11-15-8-4-5-9-16(15)19;19-13-11-17(14-6-2-1-3-7-14)18-12-10-15-8-4-5-9-16(15)18/h1-9,11,13,17H,10,12H2;1-10,12,17,19H,11,13H2. The number of rotatable bonds is 8. The minimum Gasteiger partial charge on any atom is -0.396 e. The number of hydrogen-bond donors (Lipinski definition) is 1. The van der Waals surface area contributed by atoms with Gasteiger partial charge in [-0.25, -0.2) is 0 Å². The Hall–Kier alpha value is -3.79. The van der Waals surface area contributed by atoms with Crippen molar-refractivity contribution >= 4 is 33.4 Å². The van der Waals surface area contributed by atoms with Gasteiger partial charge >= 0.3 is 0 Å². The molecule has 0 spiro atoms. The lowest BCUT2D eigenvalue weighted by Crippen LogP contribution is -2.11. The Morgan fingerprint density at radius 3 is 1.39 bits per heavy atom. The van der Waals surface area contributed by atoms with Crippen LogP contribution in [0.2, 0.25) is 0 Å². The summed E-state index contributed by atoms with van der Waals surface area (Å²) in [7, 11) is 0. The van der Waals surface area contributed by atoms with E-state index in [1.807, 2.05) is 18.2 Å². The Morgan fingerprint density at radius 1 is 0.526 bits per heavy atom. The van der Waals surface area contributed by atoms with Gasteiger partial charge in [0.05, 0.1) is 12.1 Å². The Kier molecular flexibility index (Phi) is 8.60. The monoisotopic (exact) mass is 520 g/mol. The van der Waals surface area contributed by atoms with Crippen molar-refractivity contribution < 1.29 is 5.11 Å². The van der Waals surface area contributed by atoms with Crippen molar-refractivity contribution in [3.05, 3.63) is 145 Å². The molecule has 2 aromatic heterocycles. The summed E-state index contributed by atoms with van der Waals surface area (Å²) in [5, 5.41) is 11.9. The lowest BCUT2D eigenvalue weighted by Gasteiger charge is -2.20. The van der Waals surface area contributed by atoms with Crippen LogP contribution in [0.1, 0.15) is 36.1 Å². The van der Waals surface area contributed by atoms with Crippen LogP contribution >= 0.6 is 11.6 Å². The number of fused-ring (bicyclic) bond motifs is 2. The van der Waals surface area contributed by atoms with Crippen molar-refractivity contribution in [3.8, 4) is 0 Å². The van der Waals surface area contributed by atoms with Crippen molar-refractivity contribution in [2.24, 2.45) is 0 Å². The maximum atomic E-state index is 9.36. The highest BCUT2D eigenvalue weighted by atomic mass is 35.5. The fourth-order valence-corrected chi connectivity index (χ4v) is 5.47. The van der Waals surface area contributed by atoms with Gasteiger partial charge in [0.25, 0.3) is 0 Å². The molecular formula is C34H33ClN2O. The molecule has 3 nitrogen and oxygen atoms in total. The molecule has 0 saturated carbocycles. The lowest BCUT2D eigenvalue weighted by molar-refractivity contribution is 0.269. The summed E-state index contributed by atoms with van der Waals surface area (Å²) in [5.41, 5.74) is 5.02. The molecule has 2 heterocycles. The number of hydrogen-bond acceptors (Lipinski definition) is 1. The largest absolute Gasteiger partial charge is 0.396 e. The molecule has 1 N–H and O–H groups in total. The van der Waals surface area contributed by atoms with E-state index in [4.69, 9.17) is 11.6 Å². The minimum absolute atomic E-state index is 0.186. The van der Waals surface area contributed by atoms with E-state index in [-0.39, 0.29) is 12.6 Å². The van der Waals surface area contributed by atoms with E-state index < -0.39 is 0 Å².